The van der Waals surface area contributed by atoms with Gasteiger partial charge in [-0.05, 0) is 43.2 Å². The Morgan fingerprint density at radius 1 is 1.16 bits per heavy atom. The molecule has 1 fully saturated rings. The predicted molar refractivity (Wildman–Crippen MR) is 134 cm³/mol. The summed E-state index contributed by atoms with van der Waals surface area (Å²) < 4.78 is 25.4. The van der Waals surface area contributed by atoms with Crippen LogP contribution in [0.15, 0.2) is 41.4 Å². The lowest BCUT2D eigenvalue weighted by molar-refractivity contribution is 0.122. The lowest BCUT2D eigenvalue weighted by Gasteiger charge is -2.29. The van der Waals surface area contributed by atoms with E-state index in [1.54, 1.807) is 13.2 Å². The van der Waals surface area contributed by atoms with Crippen molar-refractivity contribution in [3.63, 3.8) is 0 Å². The van der Waals surface area contributed by atoms with Gasteiger partial charge in [0, 0.05) is 31.7 Å². The zero-order chi connectivity index (χ0) is 21.3. The number of ether oxygens (including phenoxy) is 2. The van der Waals surface area contributed by atoms with Gasteiger partial charge >= 0.3 is 0 Å². The highest BCUT2D eigenvalue weighted by atomic mass is 127. The Morgan fingerprint density at radius 2 is 1.94 bits per heavy atom. The van der Waals surface area contributed by atoms with Gasteiger partial charge in [-0.1, -0.05) is 18.2 Å². The number of anilines is 1. The van der Waals surface area contributed by atoms with Gasteiger partial charge in [0.15, 0.2) is 5.96 Å². The number of hydrogen-bond acceptors (Lipinski definition) is 4. The molecule has 1 aliphatic heterocycles. The van der Waals surface area contributed by atoms with Gasteiger partial charge in [0.05, 0.1) is 32.6 Å². The Hall–Kier alpha value is -2.07. The Bertz CT molecular complexity index is 873. The van der Waals surface area contributed by atoms with Crippen LogP contribution in [0.4, 0.5) is 10.1 Å². The second-order valence-electron chi connectivity index (χ2n) is 7.25. The van der Waals surface area contributed by atoms with Crippen LogP contribution in [0.25, 0.3) is 0 Å². The van der Waals surface area contributed by atoms with Crippen molar-refractivity contribution in [3.8, 4) is 5.75 Å². The molecule has 0 amide bonds. The number of benzene rings is 2. The fourth-order valence-electron chi connectivity index (χ4n) is 3.40. The Labute approximate surface area is 201 Å². The summed E-state index contributed by atoms with van der Waals surface area (Å²) in [7, 11) is 1.67. The number of halogens is 2. The molecule has 0 aromatic heterocycles. The van der Waals surface area contributed by atoms with Gasteiger partial charge in [-0.15, -0.1) is 24.0 Å². The molecule has 0 bridgehead atoms. The molecule has 6 nitrogen and oxygen atoms in total. The molecule has 0 aliphatic carbocycles. The van der Waals surface area contributed by atoms with E-state index < -0.39 is 0 Å². The minimum atomic E-state index is -0.216. The molecule has 0 atom stereocenters. The molecule has 8 heteroatoms. The van der Waals surface area contributed by atoms with E-state index in [-0.39, 0.29) is 29.8 Å². The van der Waals surface area contributed by atoms with Crippen LogP contribution in [-0.4, -0.2) is 45.9 Å². The number of guanidine groups is 1. The Balaban J connectivity index is 0.00000341. The van der Waals surface area contributed by atoms with Crippen molar-refractivity contribution in [2.75, 3.05) is 44.9 Å². The summed E-state index contributed by atoms with van der Waals surface area (Å²) >= 11 is 0. The molecule has 2 N–H and O–H groups in total. The van der Waals surface area contributed by atoms with Crippen molar-refractivity contribution in [3.05, 3.63) is 58.9 Å². The molecule has 0 radical (unpaired) electrons. The van der Waals surface area contributed by atoms with Crippen molar-refractivity contribution in [2.45, 2.75) is 26.9 Å². The number of aliphatic imine (C=N–C) groups is 1. The van der Waals surface area contributed by atoms with Gasteiger partial charge in [0.2, 0.25) is 0 Å². The second kappa shape index (κ2) is 12.7. The maximum absolute atomic E-state index is 14.6. The molecule has 0 unspecified atom stereocenters. The maximum atomic E-state index is 14.6. The summed E-state index contributed by atoms with van der Waals surface area (Å²) in [5.74, 6) is 1.31. The number of morpholine rings is 1. The highest BCUT2D eigenvalue weighted by Crippen LogP contribution is 2.22. The monoisotopic (exact) mass is 542 g/mol. The number of nitrogens with one attached hydrogen (secondary N) is 2. The average Bonchev–Trinajstić information content (AvgIpc) is 2.77. The molecule has 2 aromatic carbocycles. The van der Waals surface area contributed by atoms with E-state index in [1.165, 1.54) is 0 Å². The maximum Gasteiger partial charge on any atom is 0.191 e. The fraction of sp³-hybridized carbons (Fsp3) is 0.435. The van der Waals surface area contributed by atoms with Gasteiger partial charge < -0.3 is 25.0 Å². The minimum Gasteiger partial charge on any atom is -0.496 e. The smallest absolute Gasteiger partial charge is 0.191 e. The fourth-order valence-corrected chi connectivity index (χ4v) is 3.40. The first-order valence-corrected chi connectivity index (χ1v) is 10.4. The summed E-state index contributed by atoms with van der Waals surface area (Å²) in [5, 5.41) is 6.55. The number of rotatable bonds is 7. The van der Waals surface area contributed by atoms with E-state index in [0.29, 0.717) is 51.0 Å². The van der Waals surface area contributed by atoms with Crippen molar-refractivity contribution in [1.82, 2.24) is 10.6 Å². The Kier molecular flexibility index (Phi) is 10.3. The molecule has 1 heterocycles. The van der Waals surface area contributed by atoms with Crippen molar-refractivity contribution in [1.29, 1.82) is 0 Å². The number of hydrogen-bond donors (Lipinski definition) is 2. The van der Waals surface area contributed by atoms with Crippen molar-refractivity contribution in [2.24, 2.45) is 4.99 Å². The van der Waals surface area contributed by atoms with Gasteiger partial charge in [0.1, 0.15) is 11.6 Å². The van der Waals surface area contributed by atoms with E-state index in [4.69, 9.17) is 9.47 Å². The van der Waals surface area contributed by atoms with Crippen LogP contribution < -0.4 is 20.3 Å². The highest BCUT2D eigenvalue weighted by Gasteiger charge is 2.15. The summed E-state index contributed by atoms with van der Waals surface area (Å²) in [6.45, 7) is 8.46. The van der Waals surface area contributed by atoms with E-state index in [2.05, 4.69) is 21.7 Å². The first kappa shape index (κ1) is 25.2. The van der Waals surface area contributed by atoms with Crippen LogP contribution in [0.3, 0.4) is 0 Å². The second-order valence-corrected chi connectivity index (χ2v) is 7.25. The standard InChI is InChI=1S/C23H31FN4O2.HI/c1-4-25-23(27-16-19-7-5-17(2)13-22(19)29-3)26-15-18-6-8-21(20(24)14-18)28-9-11-30-12-10-28;/h5-8,13-14H,4,9-12,15-16H2,1-3H3,(H2,25,26,27);1H. The SMILES string of the molecule is CCNC(=NCc1ccc(N2CCOCC2)c(F)c1)NCc1ccc(C)cc1OC.I. The summed E-state index contributed by atoms with van der Waals surface area (Å²) in [6.07, 6.45) is 0. The summed E-state index contributed by atoms with van der Waals surface area (Å²) in [5.41, 5.74) is 3.66. The first-order valence-electron chi connectivity index (χ1n) is 10.4. The van der Waals surface area contributed by atoms with Gasteiger partial charge in [-0.2, -0.15) is 0 Å². The van der Waals surface area contributed by atoms with E-state index in [9.17, 15) is 4.39 Å². The summed E-state index contributed by atoms with van der Waals surface area (Å²) in [4.78, 5) is 6.63. The third kappa shape index (κ3) is 7.24. The molecular weight excluding hydrogens is 510 g/mol. The van der Waals surface area contributed by atoms with Crippen LogP contribution >= 0.6 is 24.0 Å². The quantitative estimate of drug-likeness (QED) is 0.317. The van der Waals surface area contributed by atoms with Crippen molar-refractivity contribution < 1.29 is 13.9 Å². The lowest BCUT2D eigenvalue weighted by Crippen LogP contribution is -2.37. The van der Waals surface area contributed by atoms with Crippen molar-refractivity contribution >= 4 is 35.6 Å². The third-order valence-electron chi connectivity index (χ3n) is 5.02. The predicted octanol–water partition coefficient (Wildman–Crippen LogP) is 3.85. The lowest BCUT2D eigenvalue weighted by atomic mass is 10.1. The minimum absolute atomic E-state index is 0. The largest absolute Gasteiger partial charge is 0.496 e. The van der Waals surface area contributed by atoms with Gasteiger partial charge in [-0.3, -0.25) is 0 Å². The molecule has 31 heavy (non-hydrogen) atoms. The Morgan fingerprint density at radius 3 is 2.61 bits per heavy atom. The van der Waals surface area contributed by atoms with E-state index in [0.717, 1.165) is 29.0 Å². The molecule has 0 saturated carbocycles. The normalized spacial score (nSPS) is 14.1. The van der Waals surface area contributed by atoms with E-state index in [1.807, 2.05) is 43.0 Å². The number of aryl methyl sites for hydroxylation is 1. The zero-order valence-corrected chi connectivity index (χ0v) is 20.7. The number of methoxy groups -OCH3 is 1. The molecule has 3 rings (SSSR count). The van der Waals surface area contributed by atoms with Crippen LogP contribution in [0, 0.1) is 12.7 Å². The van der Waals surface area contributed by atoms with E-state index >= 15 is 0 Å². The molecule has 1 aliphatic rings. The van der Waals surface area contributed by atoms with Gasteiger partial charge in [0.25, 0.3) is 0 Å². The topological polar surface area (TPSA) is 58.1 Å². The zero-order valence-electron chi connectivity index (χ0n) is 18.4. The summed E-state index contributed by atoms with van der Waals surface area (Å²) in [6, 6.07) is 11.5. The molecule has 0 spiro atoms. The van der Waals surface area contributed by atoms with Gasteiger partial charge in [-0.25, -0.2) is 9.38 Å². The first-order chi connectivity index (χ1) is 14.6. The highest BCUT2D eigenvalue weighted by molar-refractivity contribution is 14.0. The average molecular weight is 542 g/mol. The number of nitrogens with zero attached hydrogens (tertiary/aromatic N) is 2. The van der Waals surface area contributed by atoms with Crippen LogP contribution in [0.1, 0.15) is 23.6 Å². The molecular formula is C23H32FIN4O2. The molecule has 2 aromatic rings. The van der Waals surface area contributed by atoms with Crippen LogP contribution in [0.5, 0.6) is 5.75 Å². The third-order valence-corrected chi connectivity index (χ3v) is 5.02. The molecule has 170 valence electrons. The van der Waals surface area contributed by atoms with Crippen LogP contribution in [0.2, 0.25) is 0 Å². The molecule has 1 saturated heterocycles. The van der Waals surface area contributed by atoms with Crippen LogP contribution in [-0.2, 0) is 17.8 Å².